The summed E-state index contributed by atoms with van der Waals surface area (Å²) in [4.78, 5) is 15.7. The number of benzene rings is 9. The highest BCUT2D eigenvalue weighted by Gasteiger charge is 2.22. The SMILES string of the molecule is c1ccc(-c2cc(-c3ccccc3-c3cccc4oc5c(-c6ccc7c(c6)nc(-c6ccccc6)c6ccc8oc9ccccc9c8c67)cccc5c34)nc(-c3ccccc3)n2)cc1. The fourth-order valence-electron chi connectivity index (χ4n) is 9.59. The van der Waals surface area contributed by atoms with Gasteiger partial charge < -0.3 is 8.83 Å². The standard InChI is InChI=1S/C59H35N3O2/c1-4-16-36(17-5-1)48-35-50(62-59(61-48)38-20-8-3-9-21-38)42-23-11-10-22-41(42)43-26-15-29-52-54(43)47-27-14-25-40(58(47)64-52)39-30-31-44-49(34-39)60-57(37-18-6-2-7-19-37)46-32-33-53-56(55(44)46)45-24-12-13-28-51(45)63-53/h1-35H. The molecule has 0 unspecified atom stereocenters. The van der Waals surface area contributed by atoms with Crippen molar-refractivity contribution in [3.63, 3.8) is 0 Å². The summed E-state index contributed by atoms with van der Waals surface area (Å²) < 4.78 is 13.3. The van der Waals surface area contributed by atoms with Crippen LogP contribution in [-0.2, 0) is 0 Å². The second-order valence-electron chi connectivity index (χ2n) is 16.2. The van der Waals surface area contributed by atoms with Crippen LogP contribution in [0.1, 0.15) is 0 Å². The van der Waals surface area contributed by atoms with Gasteiger partial charge in [-0.1, -0.05) is 176 Å². The molecule has 0 atom stereocenters. The molecular formula is C59H35N3O2. The molecule has 4 heterocycles. The van der Waals surface area contributed by atoms with E-state index in [0.29, 0.717) is 5.82 Å². The zero-order valence-electron chi connectivity index (χ0n) is 34.4. The summed E-state index contributed by atoms with van der Waals surface area (Å²) in [6, 6.07) is 73.5. The smallest absolute Gasteiger partial charge is 0.160 e. The molecule has 0 bridgehead atoms. The molecule has 5 nitrogen and oxygen atoms in total. The molecule has 0 spiro atoms. The first kappa shape index (κ1) is 36.0. The normalized spacial score (nSPS) is 11.8. The van der Waals surface area contributed by atoms with Crippen molar-refractivity contribution >= 4 is 65.6 Å². The van der Waals surface area contributed by atoms with Crippen molar-refractivity contribution in [2.45, 2.75) is 0 Å². The summed E-state index contributed by atoms with van der Waals surface area (Å²) in [5.74, 6) is 0.680. The third-order valence-corrected chi connectivity index (χ3v) is 12.5. The second-order valence-corrected chi connectivity index (χ2v) is 16.2. The van der Waals surface area contributed by atoms with Gasteiger partial charge in [-0.2, -0.15) is 0 Å². The van der Waals surface area contributed by atoms with E-state index in [0.717, 1.165) is 127 Å². The van der Waals surface area contributed by atoms with Crippen molar-refractivity contribution in [3.05, 3.63) is 212 Å². The van der Waals surface area contributed by atoms with Crippen LogP contribution in [-0.4, -0.2) is 15.0 Å². The van der Waals surface area contributed by atoms with Crippen LogP contribution in [0.2, 0.25) is 0 Å². The van der Waals surface area contributed by atoms with Gasteiger partial charge in [0.2, 0.25) is 0 Å². The Morgan fingerprint density at radius 2 is 0.906 bits per heavy atom. The summed E-state index contributed by atoms with van der Waals surface area (Å²) >= 11 is 0. The van der Waals surface area contributed by atoms with Gasteiger partial charge in [-0.3, -0.25) is 0 Å². The number of hydrogen-bond donors (Lipinski definition) is 0. The number of nitrogens with zero attached hydrogens (tertiary/aromatic N) is 3. The molecule has 13 rings (SSSR count). The molecule has 5 heteroatoms. The summed E-state index contributed by atoms with van der Waals surface area (Å²) in [6.45, 7) is 0. The highest BCUT2D eigenvalue weighted by Crippen LogP contribution is 2.45. The first-order valence-corrected chi connectivity index (χ1v) is 21.5. The van der Waals surface area contributed by atoms with Crippen LogP contribution in [0.3, 0.4) is 0 Å². The molecule has 0 fully saturated rings. The monoisotopic (exact) mass is 817 g/mol. The maximum atomic E-state index is 6.91. The second kappa shape index (κ2) is 14.5. The lowest BCUT2D eigenvalue weighted by Gasteiger charge is -2.14. The first-order valence-electron chi connectivity index (χ1n) is 21.5. The van der Waals surface area contributed by atoms with Crippen LogP contribution < -0.4 is 0 Å². The van der Waals surface area contributed by atoms with Crippen molar-refractivity contribution in [1.29, 1.82) is 0 Å². The van der Waals surface area contributed by atoms with Crippen LogP contribution in [0.5, 0.6) is 0 Å². The summed E-state index contributed by atoms with van der Waals surface area (Å²) in [5.41, 5.74) is 15.2. The average Bonchev–Trinajstić information content (AvgIpc) is 3.96. The molecule has 13 aromatic rings. The van der Waals surface area contributed by atoms with Gasteiger partial charge in [0, 0.05) is 65.5 Å². The Morgan fingerprint density at radius 3 is 1.73 bits per heavy atom. The van der Waals surface area contributed by atoms with E-state index in [4.69, 9.17) is 23.8 Å². The molecule has 0 N–H and O–H groups in total. The minimum absolute atomic E-state index is 0.680. The average molecular weight is 818 g/mol. The molecule has 4 aromatic heterocycles. The van der Waals surface area contributed by atoms with Crippen LogP contribution in [0, 0.1) is 0 Å². The zero-order valence-corrected chi connectivity index (χ0v) is 34.4. The third-order valence-electron chi connectivity index (χ3n) is 12.5. The Bertz CT molecular complexity index is 3890. The Hall–Kier alpha value is -8.67. The van der Waals surface area contributed by atoms with Crippen molar-refractivity contribution < 1.29 is 8.83 Å². The summed E-state index contributed by atoms with van der Waals surface area (Å²) in [5, 5.41) is 7.59. The van der Waals surface area contributed by atoms with Crippen molar-refractivity contribution in [2.24, 2.45) is 0 Å². The van der Waals surface area contributed by atoms with E-state index in [1.165, 1.54) is 0 Å². The van der Waals surface area contributed by atoms with Crippen LogP contribution in [0.25, 0.3) is 133 Å². The van der Waals surface area contributed by atoms with E-state index in [9.17, 15) is 0 Å². The Morgan fingerprint density at radius 1 is 0.297 bits per heavy atom. The van der Waals surface area contributed by atoms with E-state index in [2.05, 4.69) is 158 Å². The molecule has 0 saturated heterocycles. The molecule has 0 aliphatic heterocycles. The fourth-order valence-corrected chi connectivity index (χ4v) is 9.59. The van der Waals surface area contributed by atoms with Crippen LogP contribution in [0.15, 0.2) is 221 Å². The molecule has 0 amide bonds. The van der Waals surface area contributed by atoms with E-state index >= 15 is 0 Å². The summed E-state index contributed by atoms with van der Waals surface area (Å²) in [7, 11) is 0. The lowest BCUT2D eigenvalue weighted by molar-refractivity contribution is 0.669. The quantitative estimate of drug-likeness (QED) is 0.156. The van der Waals surface area contributed by atoms with Crippen molar-refractivity contribution in [2.75, 3.05) is 0 Å². The maximum absolute atomic E-state index is 6.91. The number of para-hydroxylation sites is 2. The molecule has 0 saturated carbocycles. The van der Waals surface area contributed by atoms with Gasteiger partial charge in [-0.05, 0) is 53.1 Å². The minimum atomic E-state index is 0.680. The first-order chi connectivity index (χ1) is 31.7. The van der Waals surface area contributed by atoms with Gasteiger partial charge in [-0.15, -0.1) is 0 Å². The number of hydrogen-bond acceptors (Lipinski definition) is 5. The highest BCUT2D eigenvalue weighted by molar-refractivity contribution is 6.28. The van der Waals surface area contributed by atoms with Gasteiger partial charge in [0.25, 0.3) is 0 Å². The topological polar surface area (TPSA) is 65.0 Å². The fraction of sp³-hybridized carbons (Fsp3) is 0. The molecule has 298 valence electrons. The molecule has 0 aliphatic rings. The number of furan rings is 2. The Kier molecular flexibility index (Phi) is 8.15. The highest BCUT2D eigenvalue weighted by atomic mass is 16.3. The van der Waals surface area contributed by atoms with E-state index < -0.39 is 0 Å². The van der Waals surface area contributed by atoms with Crippen molar-refractivity contribution in [1.82, 2.24) is 15.0 Å². The zero-order chi connectivity index (χ0) is 42.1. The molecule has 64 heavy (non-hydrogen) atoms. The number of aromatic nitrogens is 3. The Balaban J connectivity index is 1.00. The number of fused-ring (bicyclic) bond motifs is 10. The van der Waals surface area contributed by atoms with E-state index in [1.54, 1.807) is 0 Å². The van der Waals surface area contributed by atoms with E-state index in [1.807, 2.05) is 54.6 Å². The predicted molar refractivity (Wildman–Crippen MR) is 262 cm³/mol. The predicted octanol–water partition coefficient (Wildman–Crippen LogP) is 16.0. The third kappa shape index (κ3) is 5.75. The van der Waals surface area contributed by atoms with Crippen LogP contribution in [0.4, 0.5) is 0 Å². The summed E-state index contributed by atoms with van der Waals surface area (Å²) in [6.07, 6.45) is 0. The minimum Gasteiger partial charge on any atom is -0.456 e. The molecule has 0 aliphatic carbocycles. The largest absolute Gasteiger partial charge is 0.456 e. The molecule has 9 aromatic carbocycles. The van der Waals surface area contributed by atoms with Gasteiger partial charge in [0.05, 0.1) is 22.6 Å². The lowest BCUT2D eigenvalue weighted by atomic mass is 9.92. The molecular weight excluding hydrogens is 783 g/mol. The lowest BCUT2D eigenvalue weighted by Crippen LogP contribution is -1.97. The van der Waals surface area contributed by atoms with E-state index in [-0.39, 0.29) is 0 Å². The van der Waals surface area contributed by atoms with Gasteiger partial charge in [0.1, 0.15) is 22.3 Å². The van der Waals surface area contributed by atoms with Gasteiger partial charge in [0.15, 0.2) is 5.82 Å². The molecule has 0 radical (unpaired) electrons. The number of rotatable bonds is 6. The van der Waals surface area contributed by atoms with Gasteiger partial charge in [-0.25, -0.2) is 15.0 Å². The van der Waals surface area contributed by atoms with Crippen LogP contribution >= 0.6 is 0 Å². The maximum Gasteiger partial charge on any atom is 0.160 e. The van der Waals surface area contributed by atoms with Crippen molar-refractivity contribution in [3.8, 4) is 67.4 Å². The van der Waals surface area contributed by atoms with Gasteiger partial charge >= 0.3 is 0 Å². The number of pyridine rings is 1. The Labute approximate surface area is 367 Å².